The summed E-state index contributed by atoms with van der Waals surface area (Å²) in [6, 6.07) is 13.5. The number of H-pyrrole nitrogens is 1. The molecule has 0 radical (unpaired) electrons. The highest BCUT2D eigenvalue weighted by Gasteiger charge is 2.17. The number of carbonyl (C=O) groups is 2. The zero-order valence-corrected chi connectivity index (χ0v) is 13.5. The largest absolute Gasteiger partial charge is 0.451 e. The highest BCUT2D eigenvalue weighted by Crippen LogP contribution is 2.20. The molecule has 124 valence electrons. The normalized spacial score (nSPS) is 10.2. The minimum absolute atomic E-state index is 0.101. The molecule has 2 N–H and O–H groups in total. The Morgan fingerprint density at radius 2 is 2.08 bits per heavy atom. The monoisotopic (exact) mass is 354 g/mol. The second-order valence-electron chi connectivity index (χ2n) is 5.04. The van der Waals surface area contributed by atoms with Crippen molar-refractivity contribution in [2.24, 2.45) is 0 Å². The van der Waals surface area contributed by atoms with E-state index in [9.17, 15) is 9.59 Å². The highest BCUT2D eigenvalue weighted by molar-refractivity contribution is 6.31. The second kappa shape index (κ2) is 7.03. The first kappa shape index (κ1) is 16.5. The Bertz CT molecular complexity index is 1010. The third kappa shape index (κ3) is 3.59. The van der Waals surface area contributed by atoms with E-state index in [1.165, 1.54) is 12.1 Å². The number of halogens is 1. The molecule has 0 saturated heterocycles. The van der Waals surface area contributed by atoms with Crippen LogP contribution in [0.5, 0.6) is 0 Å². The van der Waals surface area contributed by atoms with Gasteiger partial charge in [0.1, 0.15) is 6.07 Å². The third-order valence-electron chi connectivity index (χ3n) is 3.37. The fourth-order valence-electron chi connectivity index (χ4n) is 2.22. The van der Waals surface area contributed by atoms with Gasteiger partial charge in [0.2, 0.25) is 0 Å². The van der Waals surface area contributed by atoms with Crippen LogP contribution in [0.25, 0.3) is 10.9 Å². The topological polar surface area (TPSA) is 108 Å². The van der Waals surface area contributed by atoms with Crippen molar-refractivity contribution in [3.8, 4) is 6.07 Å². The summed E-state index contributed by atoms with van der Waals surface area (Å²) in [6.07, 6.45) is 0. The van der Waals surface area contributed by atoms with Gasteiger partial charge in [-0.25, -0.2) is 4.79 Å². The molecule has 0 saturated carbocycles. The summed E-state index contributed by atoms with van der Waals surface area (Å²) in [6.45, 7) is -0.516. The first-order chi connectivity index (χ1) is 12.1. The number of nitrogens with one attached hydrogen (secondary N) is 2. The molecule has 0 aliphatic heterocycles. The Morgan fingerprint density at radius 3 is 2.88 bits per heavy atom. The summed E-state index contributed by atoms with van der Waals surface area (Å²) in [7, 11) is 0. The summed E-state index contributed by atoms with van der Waals surface area (Å²) >= 11 is 5.85. The second-order valence-corrected chi connectivity index (χ2v) is 5.48. The maximum Gasteiger partial charge on any atom is 0.359 e. The van der Waals surface area contributed by atoms with E-state index in [0.717, 1.165) is 0 Å². The maximum atomic E-state index is 12.1. The van der Waals surface area contributed by atoms with Gasteiger partial charge in [-0.3, -0.25) is 9.89 Å². The predicted molar refractivity (Wildman–Crippen MR) is 91.2 cm³/mol. The Morgan fingerprint density at radius 1 is 1.28 bits per heavy atom. The van der Waals surface area contributed by atoms with Gasteiger partial charge >= 0.3 is 5.97 Å². The first-order valence-electron chi connectivity index (χ1n) is 7.18. The van der Waals surface area contributed by atoms with Crippen LogP contribution < -0.4 is 5.32 Å². The molecule has 0 fully saturated rings. The van der Waals surface area contributed by atoms with Crippen LogP contribution in [0, 0.1) is 11.3 Å². The molecule has 0 aliphatic rings. The van der Waals surface area contributed by atoms with Gasteiger partial charge in [-0.05, 0) is 24.3 Å². The van der Waals surface area contributed by atoms with Gasteiger partial charge in [0.05, 0.1) is 16.8 Å². The van der Waals surface area contributed by atoms with E-state index in [1.807, 2.05) is 6.07 Å². The number of benzene rings is 2. The van der Waals surface area contributed by atoms with Crippen LogP contribution >= 0.6 is 11.6 Å². The minimum Gasteiger partial charge on any atom is -0.451 e. The van der Waals surface area contributed by atoms with E-state index in [2.05, 4.69) is 15.5 Å². The molecule has 0 spiro atoms. The number of hydrogen-bond acceptors (Lipinski definition) is 5. The molecule has 25 heavy (non-hydrogen) atoms. The van der Waals surface area contributed by atoms with Gasteiger partial charge in [0.25, 0.3) is 5.91 Å². The van der Waals surface area contributed by atoms with Crippen molar-refractivity contribution in [1.82, 2.24) is 10.2 Å². The van der Waals surface area contributed by atoms with Crippen LogP contribution in [0.15, 0.2) is 42.5 Å². The van der Waals surface area contributed by atoms with Crippen molar-refractivity contribution in [3.63, 3.8) is 0 Å². The Kier molecular flexibility index (Phi) is 4.64. The lowest BCUT2D eigenvalue weighted by molar-refractivity contribution is -0.119. The van der Waals surface area contributed by atoms with Crippen LogP contribution in [-0.2, 0) is 9.53 Å². The minimum atomic E-state index is -0.723. The van der Waals surface area contributed by atoms with Crippen molar-refractivity contribution in [1.29, 1.82) is 5.26 Å². The van der Waals surface area contributed by atoms with Crippen molar-refractivity contribution in [2.45, 2.75) is 0 Å². The summed E-state index contributed by atoms with van der Waals surface area (Å²) in [5, 5.41) is 19.1. The van der Waals surface area contributed by atoms with E-state index in [0.29, 0.717) is 15.9 Å². The van der Waals surface area contributed by atoms with E-state index in [-0.39, 0.29) is 16.9 Å². The average molecular weight is 355 g/mol. The maximum absolute atomic E-state index is 12.1. The number of carbonyl (C=O) groups excluding carboxylic acids is 2. The molecule has 1 aromatic heterocycles. The van der Waals surface area contributed by atoms with Crippen LogP contribution in [0.4, 0.5) is 5.69 Å². The Labute approximate surface area is 147 Å². The van der Waals surface area contributed by atoms with E-state index in [4.69, 9.17) is 21.6 Å². The van der Waals surface area contributed by atoms with Crippen LogP contribution in [-0.4, -0.2) is 28.7 Å². The van der Waals surface area contributed by atoms with Crippen molar-refractivity contribution in [2.75, 3.05) is 11.9 Å². The van der Waals surface area contributed by atoms with Crippen molar-refractivity contribution in [3.05, 3.63) is 58.7 Å². The smallest absolute Gasteiger partial charge is 0.359 e. The fraction of sp³-hybridized carbons (Fsp3) is 0.0588. The lowest BCUT2D eigenvalue weighted by atomic mass is 10.2. The molecule has 8 heteroatoms. The van der Waals surface area contributed by atoms with Crippen molar-refractivity contribution >= 4 is 40.1 Å². The Hall–Kier alpha value is -3.37. The number of ether oxygens (including phenoxy) is 1. The molecule has 1 heterocycles. The predicted octanol–water partition coefficient (Wildman–Crippen LogP) is 2.88. The number of aromatic nitrogens is 2. The number of nitriles is 1. The van der Waals surface area contributed by atoms with Crippen LogP contribution in [0.2, 0.25) is 5.02 Å². The van der Waals surface area contributed by atoms with Gasteiger partial charge in [-0.2, -0.15) is 10.4 Å². The lowest BCUT2D eigenvalue weighted by Crippen LogP contribution is -2.21. The number of para-hydroxylation sites is 1. The molecule has 7 nitrogen and oxygen atoms in total. The number of rotatable bonds is 4. The third-order valence-corrected chi connectivity index (χ3v) is 3.61. The zero-order valence-electron chi connectivity index (χ0n) is 12.7. The Balaban J connectivity index is 1.66. The first-order valence-corrected chi connectivity index (χ1v) is 7.56. The van der Waals surface area contributed by atoms with Gasteiger partial charge in [-0.15, -0.1) is 0 Å². The number of hydrogen-bond donors (Lipinski definition) is 2. The molecule has 0 bridgehead atoms. The van der Waals surface area contributed by atoms with E-state index in [1.54, 1.807) is 30.3 Å². The number of anilines is 1. The molecular formula is C17H11ClN4O3. The molecule has 3 aromatic rings. The van der Waals surface area contributed by atoms with E-state index < -0.39 is 18.5 Å². The number of esters is 1. The number of aromatic amines is 1. The zero-order chi connectivity index (χ0) is 17.8. The molecule has 0 aliphatic carbocycles. The number of amides is 1. The average Bonchev–Trinajstić information content (AvgIpc) is 3.04. The van der Waals surface area contributed by atoms with Crippen molar-refractivity contribution < 1.29 is 14.3 Å². The lowest BCUT2D eigenvalue weighted by Gasteiger charge is -2.08. The molecule has 0 atom stereocenters. The van der Waals surface area contributed by atoms with E-state index >= 15 is 0 Å². The van der Waals surface area contributed by atoms with Crippen LogP contribution in [0.3, 0.4) is 0 Å². The van der Waals surface area contributed by atoms with Crippen LogP contribution in [0.1, 0.15) is 16.1 Å². The highest BCUT2D eigenvalue weighted by atomic mass is 35.5. The molecule has 3 rings (SSSR count). The molecule has 1 amide bonds. The summed E-state index contributed by atoms with van der Waals surface area (Å²) in [5.74, 6) is -1.31. The van der Waals surface area contributed by atoms with Gasteiger partial charge in [-0.1, -0.05) is 29.8 Å². The molecule has 0 unspecified atom stereocenters. The standard InChI is InChI=1S/C17H11ClN4O3/c18-11-6-5-10(8-19)14(7-11)20-15(23)9-25-17(24)16-12-3-1-2-4-13(12)21-22-16/h1-7H,9H2,(H,20,23)(H,21,22). The quantitative estimate of drug-likeness (QED) is 0.700. The summed E-state index contributed by atoms with van der Waals surface area (Å²) in [4.78, 5) is 24.1. The number of nitrogens with zero attached hydrogens (tertiary/aromatic N) is 2. The fourth-order valence-corrected chi connectivity index (χ4v) is 2.39. The molecule has 2 aromatic carbocycles. The van der Waals surface area contributed by atoms with Gasteiger partial charge < -0.3 is 10.1 Å². The number of fused-ring (bicyclic) bond motifs is 1. The van der Waals surface area contributed by atoms with Gasteiger partial charge in [0.15, 0.2) is 12.3 Å². The summed E-state index contributed by atoms with van der Waals surface area (Å²) in [5.41, 5.74) is 1.30. The summed E-state index contributed by atoms with van der Waals surface area (Å²) < 4.78 is 4.98. The molecular weight excluding hydrogens is 344 g/mol. The SMILES string of the molecule is N#Cc1ccc(Cl)cc1NC(=O)COC(=O)c1n[nH]c2ccccc12. The van der Waals surface area contributed by atoms with Gasteiger partial charge in [0, 0.05) is 10.4 Å².